The number of aromatic nitrogens is 1. The maximum Gasteiger partial charge on any atom is 0.126 e. The molecule has 0 aliphatic heterocycles. The Labute approximate surface area is 136 Å². The molecule has 1 aromatic heterocycles. The van der Waals surface area contributed by atoms with Crippen LogP contribution in [0.15, 0.2) is 54.7 Å². The smallest absolute Gasteiger partial charge is 0.126 e. The Kier molecular flexibility index (Phi) is 4.77. The molecule has 0 amide bonds. The quantitative estimate of drug-likeness (QED) is 0.653. The molecule has 0 unspecified atom stereocenters. The number of fused-ring (bicyclic) bond motifs is 1. The van der Waals surface area contributed by atoms with E-state index in [4.69, 9.17) is 0 Å². The van der Waals surface area contributed by atoms with Crippen molar-refractivity contribution in [1.29, 1.82) is 0 Å². The van der Waals surface area contributed by atoms with E-state index in [0.29, 0.717) is 12.5 Å². The van der Waals surface area contributed by atoms with E-state index in [-0.39, 0.29) is 5.82 Å². The van der Waals surface area contributed by atoms with E-state index < -0.39 is 0 Å². The molecule has 2 aromatic carbocycles. The van der Waals surface area contributed by atoms with Gasteiger partial charge in [0.2, 0.25) is 0 Å². The van der Waals surface area contributed by atoms with Crippen LogP contribution in [0.4, 0.5) is 4.39 Å². The molecule has 0 fully saturated rings. The molecule has 3 aromatic rings. The molecule has 23 heavy (non-hydrogen) atoms. The topological polar surface area (TPSA) is 17.0 Å². The third kappa shape index (κ3) is 3.45. The van der Waals surface area contributed by atoms with Crippen molar-refractivity contribution < 1.29 is 4.39 Å². The lowest BCUT2D eigenvalue weighted by atomic mass is 10.1. The van der Waals surface area contributed by atoms with Gasteiger partial charge in [0.15, 0.2) is 0 Å². The largest absolute Gasteiger partial charge is 0.345 e. The van der Waals surface area contributed by atoms with Crippen molar-refractivity contribution in [3.8, 4) is 0 Å². The molecular weight excluding hydrogens is 287 g/mol. The molecule has 3 heteroatoms. The average molecular weight is 310 g/mol. The second-order valence-corrected chi connectivity index (χ2v) is 6.19. The molecule has 0 saturated heterocycles. The molecule has 120 valence electrons. The maximum absolute atomic E-state index is 13.6. The van der Waals surface area contributed by atoms with E-state index >= 15 is 0 Å². The van der Waals surface area contributed by atoms with Crippen molar-refractivity contribution in [2.24, 2.45) is 0 Å². The van der Waals surface area contributed by atoms with E-state index in [1.165, 1.54) is 22.5 Å². The Hall–Kier alpha value is -2.13. The van der Waals surface area contributed by atoms with Crippen LogP contribution in [0.3, 0.4) is 0 Å². The first-order valence-corrected chi connectivity index (χ1v) is 8.19. The van der Waals surface area contributed by atoms with Gasteiger partial charge in [0.05, 0.1) is 0 Å². The number of hydrogen-bond acceptors (Lipinski definition) is 1. The van der Waals surface area contributed by atoms with Gasteiger partial charge in [-0.3, -0.25) is 0 Å². The Bertz CT molecular complexity index is 789. The van der Waals surface area contributed by atoms with Crippen molar-refractivity contribution in [2.45, 2.75) is 32.9 Å². The number of hydrogen-bond donors (Lipinski definition) is 1. The van der Waals surface area contributed by atoms with Gasteiger partial charge in [-0.05, 0) is 50.1 Å². The summed E-state index contributed by atoms with van der Waals surface area (Å²) in [6.07, 6.45) is 2.93. The van der Waals surface area contributed by atoms with Crippen LogP contribution in [0.25, 0.3) is 10.9 Å². The van der Waals surface area contributed by atoms with Crippen LogP contribution in [0.5, 0.6) is 0 Å². The Morgan fingerprint density at radius 3 is 2.52 bits per heavy atom. The van der Waals surface area contributed by atoms with Gasteiger partial charge in [-0.15, -0.1) is 0 Å². The number of halogens is 1. The number of rotatable bonds is 6. The molecule has 0 radical (unpaired) electrons. The van der Waals surface area contributed by atoms with Crippen LogP contribution in [0.2, 0.25) is 0 Å². The zero-order valence-corrected chi connectivity index (χ0v) is 13.7. The second kappa shape index (κ2) is 6.97. The first kappa shape index (κ1) is 15.8. The van der Waals surface area contributed by atoms with Gasteiger partial charge in [-0.25, -0.2) is 4.39 Å². The van der Waals surface area contributed by atoms with E-state index in [2.05, 4.69) is 54.2 Å². The minimum atomic E-state index is -0.120. The Balaban J connectivity index is 1.67. The van der Waals surface area contributed by atoms with Crippen LogP contribution in [-0.4, -0.2) is 11.1 Å². The van der Waals surface area contributed by atoms with Gasteiger partial charge in [0.25, 0.3) is 0 Å². The third-order valence-corrected chi connectivity index (χ3v) is 4.22. The Morgan fingerprint density at radius 1 is 1.00 bits per heavy atom. The Morgan fingerprint density at radius 2 is 1.74 bits per heavy atom. The molecule has 0 saturated carbocycles. The normalized spacial score (nSPS) is 11.5. The lowest BCUT2D eigenvalue weighted by Gasteiger charge is -2.08. The summed E-state index contributed by atoms with van der Waals surface area (Å²) in [7, 11) is 0. The summed E-state index contributed by atoms with van der Waals surface area (Å²) in [5.74, 6) is -0.120. The fourth-order valence-electron chi connectivity index (χ4n) is 2.99. The van der Waals surface area contributed by atoms with E-state index in [9.17, 15) is 4.39 Å². The van der Waals surface area contributed by atoms with Crippen molar-refractivity contribution in [1.82, 2.24) is 9.88 Å². The zero-order chi connectivity index (χ0) is 16.2. The van der Waals surface area contributed by atoms with Gasteiger partial charge < -0.3 is 9.88 Å². The number of benzene rings is 2. The van der Waals surface area contributed by atoms with Gasteiger partial charge in [-0.1, -0.05) is 36.4 Å². The van der Waals surface area contributed by atoms with Gasteiger partial charge >= 0.3 is 0 Å². The fourth-order valence-corrected chi connectivity index (χ4v) is 2.99. The van der Waals surface area contributed by atoms with Crippen LogP contribution in [0.1, 0.15) is 31.0 Å². The van der Waals surface area contributed by atoms with Crippen LogP contribution >= 0.6 is 0 Å². The standard InChI is InChI=1S/C20H23FN2/c1-15(2)23-14-17(18-8-4-6-10-20(18)23)13-22-12-11-16-7-3-5-9-19(16)21/h3-10,14-15,22H,11-13H2,1-2H3. The minimum absolute atomic E-state index is 0.120. The summed E-state index contributed by atoms with van der Waals surface area (Å²) in [5, 5.41) is 4.73. The maximum atomic E-state index is 13.6. The third-order valence-electron chi connectivity index (χ3n) is 4.22. The predicted octanol–water partition coefficient (Wildman–Crippen LogP) is 4.69. The average Bonchev–Trinajstić information content (AvgIpc) is 2.92. The molecule has 1 heterocycles. The van der Waals surface area contributed by atoms with Gasteiger partial charge in [0, 0.05) is 29.7 Å². The molecule has 0 atom stereocenters. The molecular formula is C20H23FN2. The summed E-state index contributed by atoms with van der Waals surface area (Å²) in [4.78, 5) is 0. The first-order valence-electron chi connectivity index (χ1n) is 8.19. The van der Waals surface area contributed by atoms with E-state index in [0.717, 1.165) is 18.7 Å². The highest BCUT2D eigenvalue weighted by molar-refractivity contribution is 5.84. The first-order chi connectivity index (χ1) is 11.2. The van der Waals surface area contributed by atoms with E-state index in [1.54, 1.807) is 6.07 Å². The van der Waals surface area contributed by atoms with Gasteiger partial charge in [-0.2, -0.15) is 0 Å². The van der Waals surface area contributed by atoms with Crippen LogP contribution in [-0.2, 0) is 13.0 Å². The van der Waals surface area contributed by atoms with Gasteiger partial charge in [0.1, 0.15) is 5.82 Å². The van der Waals surface area contributed by atoms with Crippen molar-refractivity contribution in [3.05, 3.63) is 71.7 Å². The molecule has 0 aliphatic carbocycles. The lowest BCUT2D eigenvalue weighted by molar-refractivity contribution is 0.596. The summed E-state index contributed by atoms with van der Waals surface area (Å²) in [6.45, 7) is 5.96. The molecule has 3 rings (SSSR count). The lowest BCUT2D eigenvalue weighted by Crippen LogP contribution is -2.17. The minimum Gasteiger partial charge on any atom is -0.345 e. The summed E-state index contributed by atoms with van der Waals surface area (Å²) in [5.41, 5.74) is 3.33. The molecule has 0 spiro atoms. The number of nitrogens with zero attached hydrogens (tertiary/aromatic N) is 1. The molecule has 2 nitrogen and oxygen atoms in total. The highest BCUT2D eigenvalue weighted by Crippen LogP contribution is 2.24. The SMILES string of the molecule is CC(C)n1cc(CNCCc2ccccc2F)c2ccccc21. The number of para-hydroxylation sites is 1. The summed E-state index contributed by atoms with van der Waals surface area (Å²) < 4.78 is 15.9. The van der Waals surface area contributed by atoms with Crippen molar-refractivity contribution >= 4 is 10.9 Å². The van der Waals surface area contributed by atoms with E-state index in [1.807, 2.05) is 12.1 Å². The van der Waals surface area contributed by atoms with Crippen molar-refractivity contribution in [3.63, 3.8) is 0 Å². The summed E-state index contributed by atoms with van der Waals surface area (Å²) >= 11 is 0. The molecule has 0 bridgehead atoms. The van der Waals surface area contributed by atoms with Crippen molar-refractivity contribution in [2.75, 3.05) is 6.54 Å². The zero-order valence-electron chi connectivity index (χ0n) is 13.7. The predicted molar refractivity (Wildman–Crippen MR) is 94.1 cm³/mol. The highest BCUT2D eigenvalue weighted by atomic mass is 19.1. The highest BCUT2D eigenvalue weighted by Gasteiger charge is 2.09. The monoisotopic (exact) mass is 310 g/mol. The summed E-state index contributed by atoms with van der Waals surface area (Å²) in [6, 6.07) is 15.9. The second-order valence-electron chi connectivity index (χ2n) is 6.19. The fraction of sp³-hybridized carbons (Fsp3) is 0.300. The van der Waals surface area contributed by atoms with Crippen LogP contribution in [0, 0.1) is 5.82 Å². The molecule has 0 aliphatic rings. The molecule has 1 N–H and O–H groups in total. The number of nitrogens with one attached hydrogen (secondary N) is 1. The van der Waals surface area contributed by atoms with Crippen LogP contribution < -0.4 is 5.32 Å².